The summed E-state index contributed by atoms with van der Waals surface area (Å²) >= 11 is 0. The molecule has 0 radical (unpaired) electrons. The molecule has 0 amide bonds. The third-order valence-electron chi connectivity index (χ3n) is 2.68. The minimum absolute atomic E-state index is 0.0113. The molecule has 0 spiro atoms. The van der Waals surface area contributed by atoms with Crippen LogP contribution in [0.3, 0.4) is 0 Å². The molecule has 0 aliphatic rings. The van der Waals surface area contributed by atoms with Gasteiger partial charge in [0.25, 0.3) is 0 Å². The van der Waals surface area contributed by atoms with Crippen LogP contribution in [-0.2, 0) is 16.6 Å². The lowest BCUT2D eigenvalue weighted by Crippen LogP contribution is -2.22. The highest BCUT2D eigenvalue weighted by molar-refractivity contribution is 7.89. The molecule has 0 aliphatic heterocycles. The Morgan fingerprint density at radius 2 is 1.95 bits per heavy atom. The van der Waals surface area contributed by atoms with Crippen molar-refractivity contribution in [3.05, 3.63) is 54.0 Å². The normalized spacial score (nSPS) is 10.9. The van der Waals surface area contributed by atoms with Gasteiger partial charge in [-0.2, -0.15) is 0 Å². The van der Waals surface area contributed by atoms with Crippen molar-refractivity contribution in [1.29, 1.82) is 0 Å². The van der Waals surface area contributed by atoms with Crippen LogP contribution in [0.4, 0.5) is 0 Å². The van der Waals surface area contributed by atoms with Crippen molar-refractivity contribution in [3.63, 3.8) is 0 Å². The van der Waals surface area contributed by atoms with Crippen LogP contribution < -0.4 is 4.72 Å². The summed E-state index contributed by atoms with van der Waals surface area (Å²) in [5.41, 5.74) is 1.46. The van der Waals surface area contributed by atoms with Crippen LogP contribution in [0.2, 0.25) is 0 Å². The Morgan fingerprint density at radius 1 is 1.19 bits per heavy atom. The van der Waals surface area contributed by atoms with Gasteiger partial charge < -0.3 is 9.52 Å². The third-order valence-corrected chi connectivity index (χ3v) is 4.10. The molecule has 5 nitrogen and oxygen atoms in total. The van der Waals surface area contributed by atoms with Gasteiger partial charge in [-0.25, -0.2) is 13.1 Å². The van der Waals surface area contributed by atoms with Gasteiger partial charge in [0.15, 0.2) is 0 Å². The van der Waals surface area contributed by atoms with Crippen molar-refractivity contribution >= 4 is 10.0 Å². The van der Waals surface area contributed by atoms with Gasteiger partial charge in [0.1, 0.15) is 0 Å². The highest BCUT2D eigenvalue weighted by Gasteiger charge is 2.13. The molecular formula is C15H15NO4S. The van der Waals surface area contributed by atoms with Gasteiger partial charge in [0, 0.05) is 24.1 Å². The Labute approximate surface area is 123 Å². The first-order chi connectivity index (χ1) is 10.1. The maximum atomic E-state index is 12.1. The fourth-order valence-corrected chi connectivity index (χ4v) is 2.61. The van der Waals surface area contributed by atoms with Crippen LogP contribution >= 0.6 is 0 Å². The molecule has 21 heavy (non-hydrogen) atoms. The SMILES string of the molecule is O=S(=O)(NCc1ccoc1)c1ccc(C#CCCO)cc1. The second-order valence-electron chi connectivity index (χ2n) is 4.26. The summed E-state index contributed by atoms with van der Waals surface area (Å²) in [5.74, 6) is 5.62. The second-order valence-corrected chi connectivity index (χ2v) is 6.02. The number of furan rings is 1. The highest BCUT2D eigenvalue weighted by atomic mass is 32.2. The average Bonchev–Trinajstić information content (AvgIpc) is 3.00. The number of sulfonamides is 1. The Bertz CT molecular complexity index is 722. The van der Waals surface area contributed by atoms with E-state index in [2.05, 4.69) is 16.6 Å². The summed E-state index contributed by atoms with van der Waals surface area (Å²) in [4.78, 5) is 0.179. The van der Waals surface area contributed by atoms with Crippen molar-refractivity contribution in [2.75, 3.05) is 6.61 Å². The summed E-state index contributed by atoms with van der Waals surface area (Å²) in [6.07, 6.45) is 3.37. The first-order valence-electron chi connectivity index (χ1n) is 6.32. The van der Waals surface area contributed by atoms with Crippen molar-refractivity contribution in [2.24, 2.45) is 0 Å². The standard InChI is InChI=1S/C15H15NO4S/c17-9-2-1-3-13-4-6-15(7-5-13)21(18,19)16-11-14-8-10-20-12-14/h4-8,10,12,16-17H,2,9,11H2. The molecule has 1 aromatic carbocycles. The van der Waals surface area contributed by atoms with E-state index in [1.807, 2.05) is 0 Å². The van der Waals surface area contributed by atoms with Crippen LogP contribution in [0.25, 0.3) is 0 Å². The van der Waals surface area contributed by atoms with Gasteiger partial charge in [0.2, 0.25) is 10.0 Å². The lowest BCUT2D eigenvalue weighted by Gasteiger charge is -2.05. The van der Waals surface area contributed by atoms with Gasteiger partial charge in [0.05, 0.1) is 24.0 Å². The van der Waals surface area contributed by atoms with E-state index in [-0.39, 0.29) is 18.0 Å². The average molecular weight is 305 g/mol. The molecular weight excluding hydrogens is 290 g/mol. The van der Waals surface area contributed by atoms with Crippen molar-refractivity contribution in [1.82, 2.24) is 4.72 Å². The minimum atomic E-state index is -3.56. The summed E-state index contributed by atoms with van der Waals surface area (Å²) in [6.45, 7) is 0.189. The quantitative estimate of drug-likeness (QED) is 0.820. The molecule has 0 fully saturated rings. The van der Waals surface area contributed by atoms with E-state index in [1.165, 1.54) is 24.7 Å². The molecule has 2 rings (SSSR count). The molecule has 0 bridgehead atoms. The number of aliphatic hydroxyl groups is 1. The molecule has 110 valence electrons. The second kappa shape index (κ2) is 7.09. The lowest BCUT2D eigenvalue weighted by atomic mass is 10.2. The van der Waals surface area contributed by atoms with E-state index in [1.54, 1.807) is 18.2 Å². The number of benzene rings is 1. The minimum Gasteiger partial charge on any atom is -0.472 e. The summed E-state index contributed by atoms with van der Waals surface area (Å²) < 4.78 is 31.5. The van der Waals surface area contributed by atoms with E-state index in [9.17, 15) is 8.42 Å². The Balaban J connectivity index is 2.05. The first kappa shape index (κ1) is 15.3. The van der Waals surface area contributed by atoms with Crippen LogP contribution in [0.1, 0.15) is 17.5 Å². The van der Waals surface area contributed by atoms with Gasteiger partial charge in [-0.1, -0.05) is 11.8 Å². The van der Waals surface area contributed by atoms with Crippen LogP contribution in [0, 0.1) is 11.8 Å². The predicted octanol–water partition coefficient (Wildman–Crippen LogP) is 1.49. The fourth-order valence-electron chi connectivity index (χ4n) is 1.59. The number of hydrogen-bond acceptors (Lipinski definition) is 4. The molecule has 6 heteroatoms. The van der Waals surface area contributed by atoms with Gasteiger partial charge >= 0.3 is 0 Å². The number of aliphatic hydroxyl groups excluding tert-OH is 1. The Hall–Kier alpha value is -2.07. The van der Waals surface area contributed by atoms with Crippen molar-refractivity contribution < 1.29 is 17.9 Å². The first-order valence-corrected chi connectivity index (χ1v) is 7.81. The predicted molar refractivity (Wildman–Crippen MR) is 77.8 cm³/mol. The molecule has 0 saturated carbocycles. The largest absolute Gasteiger partial charge is 0.472 e. The third kappa shape index (κ3) is 4.46. The molecule has 1 aromatic heterocycles. The Morgan fingerprint density at radius 3 is 2.57 bits per heavy atom. The van der Waals surface area contributed by atoms with Crippen LogP contribution in [0.15, 0.2) is 52.2 Å². The molecule has 0 aliphatic carbocycles. The molecule has 0 atom stereocenters. The van der Waals surface area contributed by atoms with Crippen LogP contribution in [0.5, 0.6) is 0 Å². The summed E-state index contributed by atoms with van der Waals surface area (Å²) in [5, 5.41) is 8.64. The highest BCUT2D eigenvalue weighted by Crippen LogP contribution is 2.11. The Kier molecular flexibility index (Phi) is 5.17. The monoisotopic (exact) mass is 305 g/mol. The zero-order chi connectivity index (χ0) is 15.1. The zero-order valence-corrected chi connectivity index (χ0v) is 12.1. The topological polar surface area (TPSA) is 79.5 Å². The molecule has 2 aromatic rings. The van der Waals surface area contributed by atoms with Gasteiger partial charge in [-0.05, 0) is 30.3 Å². The van der Waals surface area contributed by atoms with E-state index < -0.39 is 10.0 Å². The van der Waals surface area contributed by atoms with E-state index in [0.29, 0.717) is 12.0 Å². The number of nitrogens with one attached hydrogen (secondary N) is 1. The lowest BCUT2D eigenvalue weighted by molar-refractivity contribution is 0.305. The van der Waals surface area contributed by atoms with Crippen molar-refractivity contribution in [3.8, 4) is 11.8 Å². The molecule has 1 heterocycles. The van der Waals surface area contributed by atoms with Gasteiger partial charge in [-0.3, -0.25) is 0 Å². The summed E-state index contributed by atoms with van der Waals surface area (Å²) in [6, 6.07) is 7.97. The molecule has 0 saturated heterocycles. The molecule has 0 unspecified atom stereocenters. The number of hydrogen-bond donors (Lipinski definition) is 2. The van der Waals surface area contributed by atoms with Crippen molar-refractivity contribution in [2.45, 2.75) is 17.9 Å². The summed E-state index contributed by atoms with van der Waals surface area (Å²) in [7, 11) is -3.56. The zero-order valence-electron chi connectivity index (χ0n) is 11.2. The van der Waals surface area contributed by atoms with Gasteiger partial charge in [-0.15, -0.1) is 0 Å². The van der Waals surface area contributed by atoms with E-state index in [0.717, 1.165) is 5.56 Å². The maximum Gasteiger partial charge on any atom is 0.240 e. The maximum absolute atomic E-state index is 12.1. The van der Waals surface area contributed by atoms with E-state index >= 15 is 0 Å². The van der Waals surface area contributed by atoms with Crippen LogP contribution in [-0.4, -0.2) is 20.1 Å². The number of rotatable bonds is 5. The molecule has 2 N–H and O–H groups in total. The van der Waals surface area contributed by atoms with E-state index in [4.69, 9.17) is 9.52 Å². The smallest absolute Gasteiger partial charge is 0.240 e. The fraction of sp³-hybridized carbons (Fsp3) is 0.200.